The van der Waals surface area contributed by atoms with Crippen molar-refractivity contribution in [2.24, 2.45) is 0 Å². The second-order valence-electron chi connectivity index (χ2n) is 5.89. The number of nitrogens with zero attached hydrogens (tertiary/aromatic N) is 2. The van der Waals surface area contributed by atoms with E-state index in [0.717, 1.165) is 27.4 Å². The molecule has 0 saturated carbocycles. The van der Waals surface area contributed by atoms with Crippen LogP contribution in [0.2, 0.25) is 0 Å². The summed E-state index contributed by atoms with van der Waals surface area (Å²) in [5, 5.41) is 10.0. The number of H-pyrrole nitrogens is 1. The van der Waals surface area contributed by atoms with Gasteiger partial charge in [-0.15, -0.1) is 0 Å². The molecule has 0 radical (unpaired) electrons. The van der Waals surface area contributed by atoms with E-state index in [1.807, 2.05) is 19.1 Å². The highest BCUT2D eigenvalue weighted by molar-refractivity contribution is 9.10. The van der Waals surface area contributed by atoms with Crippen molar-refractivity contribution in [3.05, 3.63) is 46.3 Å². The van der Waals surface area contributed by atoms with Gasteiger partial charge in [-0.3, -0.25) is 5.10 Å². The van der Waals surface area contributed by atoms with Crippen LogP contribution >= 0.6 is 15.9 Å². The lowest BCUT2D eigenvalue weighted by atomic mass is 10.0. The highest BCUT2D eigenvalue weighted by Crippen LogP contribution is 2.40. The minimum absolute atomic E-state index is 0.325. The molecule has 0 bridgehead atoms. The van der Waals surface area contributed by atoms with E-state index in [0.29, 0.717) is 27.3 Å². The summed E-state index contributed by atoms with van der Waals surface area (Å²) in [5.74, 6) is 0.901. The zero-order valence-electron chi connectivity index (χ0n) is 14.4. The maximum absolute atomic E-state index is 13.7. The number of pyridine rings is 1. The van der Waals surface area contributed by atoms with Crippen LogP contribution in [0.3, 0.4) is 0 Å². The molecule has 132 valence electrons. The Balaban J connectivity index is 2.15. The van der Waals surface area contributed by atoms with E-state index >= 15 is 0 Å². The molecule has 0 spiro atoms. The van der Waals surface area contributed by atoms with E-state index in [1.165, 1.54) is 6.07 Å². The van der Waals surface area contributed by atoms with Gasteiger partial charge in [0.1, 0.15) is 5.82 Å². The van der Waals surface area contributed by atoms with Crippen LogP contribution in [0.5, 0.6) is 11.5 Å². The van der Waals surface area contributed by atoms with Gasteiger partial charge in [0.2, 0.25) is 0 Å². The summed E-state index contributed by atoms with van der Waals surface area (Å²) in [5.41, 5.74) is 2.98. The summed E-state index contributed by atoms with van der Waals surface area (Å²) in [6.45, 7) is 1.95. The van der Waals surface area contributed by atoms with Gasteiger partial charge < -0.3 is 9.47 Å². The summed E-state index contributed by atoms with van der Waals surface area (Å²) >= 11 is 3.24. The number of methoxy groups -OCH3 is 2. The Bertz CT molecular complexity index is 1160. The number of halogens is 2. The topological polar surface area (TPSA) is 60.0 Å². The molecule has 0 unspecified atom stereocenters. The van der Waals surface area contributed by atoms with Crippen LogP contribution in [0, 0.1) is 12.7 Å². The first-order valence-electron chi connectivity index (χ1n) is 7.89. The van der Waals surface area contributed by atoms with Crippen molar-refractivity contribution in [2.45, 2.75) is 6.92 Å². The molecule has 5 nitrogen and oxygen atoms in total. The van der Waals surface area contributed by atoms with E-state index in [9.17, 15) is 4.39 Å². The molecule has 0 amide bonds. The third-order valence-corrected chi connectivity index (χ3v) is 4.99. The van der Waals surface area contributed by atoms with Gasteiger partial charge in [0.25, 0.3) is 0 Å². The number of rotatable bonds is 3. The van der Waals surface area contributed by atoms with E-state index in [1.54, 1.807) is 26.4 Å². The van der Waals surface area contributed by atoms with E-state index in [4.69, 9.17) is 14.5 Å². The van der Waals surface area contributed by atoms with E-state index < -0.39 is 0 Å². The summed E-state index contributed by atoms with van der Waals surface area (Å²) in [6, 6.07) is 8.62. The second kappa shape index (κ2) is 6.25. The molecule has 0 aliphatic carbocycles. The summed E-state index contributed by atoms with van der Waals surface area (Å²) < 4.78 is 25.0. The molecule has 0 aliphatic heterocycles. The lowest BCUT2D eigenvalue weighted by molar-refractivity contribution is 0.356. The highest BCUT2D eigenvalue weighted by Gasteiger charge is 2.18. The fourth-order valence-electron chi connectivity index (χ4n) is 3.13. The first kappa shape index (κ1) is 16.8. The average molecular weight is 416 g/mol. The molecule has 7 heteroatoms. The third-order valence-electron chi connectivity index (χ3n) is 4.39. The Morgan fingerprint density at radius 2 is 1.73 bits per heavy atom. The predicted molar refractivity (Wildman–Crippen MR) is 102 cm³/mol. The van der Waals surface area contributed by atoms with Crippen LogP contribution in [-0.2, 0) is 0 Å². The number of benzene rings is 2. The fraction of sp³-hybridized carbons (Fsp3) is 0.158. The number of fused-ring (bicyclic) bond motifs is 3. The number of aromatic amines is 1. The minimum atomic E-state index is -0.325. The van der Waals surface area contributed by atoms with Crippen LogP contribution in [-0.4, -0.2) is 29.4 Å². The maximum atomic E-state index is 13.7. The zero-order chi connectivity index (χ0) is 18.4. The van der Waals surface area contributed by atoms with Gasteiger partial charge in [0.05, 0.1) is 24.4 Å². The first-order valence-corrected chi connectivity index (χ1v) is 8.68. The smallest absolute Gasteiger partial charge is 0.182 e. The van der Waals surface area contributed by atoms with Crippen molar-refractivity contribution in [1.82, 2.24) is 15.2 Å². The molecule has 4 aromatic rings. The summed E-state index contributed by atoms with van der Waals surface area (Å²) in [4.78, 5) is 4.71. The molecule has 2 aromatic heterocycles. The van der Waals surface area contributed by atoms with Gasteiger partial charge >= 0.3 is 0 Å². The fourth-order valence-corrected chi connectivity index (χ4v) is 3.51. The van der Waals surface area contributed by atoms with Gasteiger partial charge in [-0.05, 0) is 53.2 Å². The number of ether oxygens (including phenoxy) is 2. The lowest BCUT2D eigenvalue weighted by Gasteiger charge is -2.13. The largest absolute Gasteiger partial charge is 0.493 e. The van der Waals surface area contributed by atoms with Crippen LogP contribution in [0.4, 0.5) is 4.39 Å². The van der Waals surface area contributed by atoms with Gasteiger partial charge in [0, 0.05) is 27.4 Å². The van der Waals surface area contributed by atoms with Crippen molar-refractivity contribution in [3.63, 3.8) is 0 Å². The van der Waals surface area contributed by atoms with Gasteiger partial charge in [-0.25, -0.2) is 9.37 Å². The molecular formula is C19H15BrFN3O2. The monoisotopic (exact) mass is 415 g/mol. The molecule has 0 saturated heterocycles. The first-order chi connectivity index (χ1) is 12.5. The minimum Gasteiger partial charge on any atom is -0.493 e. The highest BCUT2D eigenvalue weighted by atomic mass is 79.9. The van der Waals surface area contributed by atoms with E-state index in [-0.39, 0.29) is 5.82 Å². The molecule has 0 fully saturated rings. The molecule has 0 aliphatic rings. The van der Waals surface area contributed by atoms with Crippen LogP contribution in [0.25, 0.3) is 33.1 Å². The molecule has 26 heavy (non-hydrogen) atoms. The number of nitrogens with one attached hydrogen (secondary N) is 1. The number of aryl methyl sites for hydroxylation is 1. The Morgan fingerprint density at radius 3 is 2.38 bits per heavy atom. The molecular weight excluding hydrogens is 401 g/mol. The van der Waals surface area contributed by atoms with E-state index in [2.05, 4.69) is 26.1 Å². The van der Waals surface area contributed by atoms with Crippen LogP contribution in [0.1, 0.15) is 5.69 Å². The molecule has 2 heterocycles. The van der Waals surface area contributed by atoms with Crippen molar-refractivity contribution in [3.8, 4) is 22.8 Å². The van der Waals surface area contributed by atoms with Gasteiger partial charge in [0.15, 0.2) is 17.1 Å². The Hall–Kier alpha value is -2.67. The lowest BCUT2D eigenvalue weighted by Crippen LogP contribution is -1.94. The number of aromatic nitrogens is 3. The maximum Gasteiger partial charge on any atom is 0.182 e. The Kier molecular flexibility index (Phi) is 4.03. The Labute approximate surface area is 157 Å². The molecule has 2 aromatic carbocycles. The SMILES string of the molecule is COc1cc2c(-c3ccc(F)c(Br)c3)nc3n[nH]c(C)c3c2cc1OC. The number of hydrogen-bond acceptors (Lipinski definition) is 4. The summed E-state index contributed by atoms with van der Waals surface area (Å²) in [7, 11) is 3.19. The van der Waals surface area contributed by atoms with Crippen LogP contribution < -0.4 is 9.47 Å². The standard InChI is InChI=1S/C19H15BrFN3O2/c1-9-17-11-7-15(25-2)16(26-3)8-12(11)18(22-19(17)24-23-9)10-4-5-14(21)13(20)6-10/h4-8H,1-3H3,(H,22,23,24). The number of hydrogen-bond donors (Lipinski definition) is 1. The predicted octanol–water partition coefficient (Wildman–Crippen LogP) is 5.01. The third kappa shape index (κ3) is 2.50. The second-order valence-corrected chi connectivity index (χ2v) is 6.74. The van der Waals surface area contributed by atoms with Gasteiger partial charge in [-0.2, -0.15) is 5.10 Å². The average Bonchev–Trinajstić information content (AvgIpc) is 3.03. The van der Waals surface area contributed by atoms with Crippen molar-refractivity contribution < 1.29 is 13.9 Å². The van der Waals surface area contributed by atoms with Crippen LogP contribution in [0.15, 0.2) is 34.8 Å². The van der Waals surface area contributed by atoms with Crippen molar-refractivity contribution in [2.75, 3.05) is 14.2 Å². The normalized spacial score (nSPS) is 11.3. The van der Waals surface area contributed by atoms with Crippen molar-refractivity contribution >= 4 is 37.7 Å². The quantitative estimate of drug-likeness (QED) is 0.511. The molecule has 0 atom stereocenters. The van der Waals surface area contributed by atoms with Gasteiger partial charge in [-0.1, -0.05) is 0 Å². The Morgan fingerprint density at radius 1 is 1.04 bits per heavy atom. The molecule has 1 N–H and O–H groups in total. The van der Waals surface area contributed by atoms with Crippen molar-refractivity contribution in [1.29, 1.82) is 0 Å². The molecule has 4 rings (SSSR count). The zero-order valence-corrected chi connectivity index (χ0v) is 15.9. The summed E-state index contributed by atoms with van der Waals surface area (Å²) in [6.07, 6.45) is 0.